The van der Waals surface area contributed by atoms with Crippen LogP contribution in [0.1, 0.15) is 13.8 Å². The molecule has 0 unspecified atom stereocenters. The highest BCUT2D eigenvalue weighted by atomic mass is 32.2. The fraction of sp³-hybridized carbons (Fsp3) is 0.778. The number of hydrogen-bond donors (Lipinski definition) is 2. The summed E-state index contributed by atoms with van der Waals surface area (Å²) in [6.45, 7) is 4.15. The highest BCUT2D eigenvalue weighted by Gasteiger charge is 2.37. The Balaban J connectivity index is 2.74. The van der Waals surface area contributed by atoms with Crippen LogP contribution in [0.5, 0.6) is 0 Å². The summed E-state index contributed by atoms with van der Waals surface area (Å²) in [6.07, 6.45) is 0. The molecular weight excluding hydrogens is 230 g/mol. The van der Waals surface area contributed by atoms with Crippen LogP contribution in [0.15, 0.2) is 5.16 Å². The summed E-state index contributed by atoms with van der Waals surface area (Å²) in [5, 5.41) is 11.5. The molecule has 1 saturated heterocycles. The van der Waals surface area contributed by atoms with Crippen molar-refractivity contribution in [2.24, 2.45) is 16.3 Å². The first-order valence-corrected chi connectivity index (χ1v) is 6.50. The van der Waals surface area contributed by atoms with E-state index < -0.39 is 16.2 Å². The van der Waals surface area contributed by atoms with Gasteiger partial charge in [-0.05, 0) is 13.8 Å². The first-order chi connectivity index (χ1) is 7.39. The van der Waals surface area contributed by atoms with Crippen molar-refractivity contribution in [3.8, 4) is 0 Å². The quantitative estimate of drug-likeness (QED) is 0.293. The number of rotatable bonds is 2. The van der Waals surface area contributed by atoms with Crippen LogP contribution in [0.3, 0.4) is 0 Å². The van der Waals surface area contributed by atoms with Gasteiger partial charge < -0.3 is 15.8 Å². The fourth-order valence-electron chi connectivity index (χ4n) is 1.47. The minimum Gasteiger partial charge on any atom is -0.409 e. The number of carbonyl (C=O) groups is 1. The van der Waals surface area contributed by atoms with E-state index in [4.69, 9.17) is 10.9 Å². The minimum atomic E-state index is -1.02. The van der Waals surface area contributed by atoms with Crippen molar-refractivity contribution in [2.45, 2.75) is 13.8 Å². The topological polar surface area (TPSA) is 96.0 Å². The van der Waals surface area contributed by atoms with Crippen LogP contribution in [0.25, 0.3) is 0 Å². The molecule has 0 aliphatic carbocycles. The van der Waals surface area contributed by atoms with Crippen molar-refractivity contribution in [2.75, 3.05) is 24.6 Å². The Kier molecular flexibility index (Phi) is 3.90. The summed E-state index contributed by atoms with van der Waals surface area (Å²) < 4.78 is 11.2. The summed E-state index contributed by atoms with van der Waals surface area (Å²) in [5.41, 5.74) is 4.46. The third-order valence-electron chi connectivity index (χ3n) is 2.75. The predicted molar refractivity (Wildman–Crippen MR) is 61.6 cm³/mol. The van der Waals surface area contributed by atoms with E-state index in [0.717, 1.165) is 0 Å². The Hall–Kier alpha value is -1.11. The smallest absolute Gasteiger partial charge is 0.236 e. The SMILES string of the molecule is CC(C)(C(=O)N1CCS(=O)CC1)C(N)=NO. The van der Waals surface area contributed by atoms with Gasteiger partial charge in [-0.25, -0.2) is 0 Å². The van der Waals surface area contributed by atoms with Gasteiger partial charge in [-0.1, -0.05) is 5.16 Å². The van der Waals surface area contributed by atoms with Gasteiger partial charge in [0.1, 0.15) is 5.41 Å². The monoisotopic (exact) mass is 247 g/mol. The van der Waals surface area contributed by atoms with Crippen molar-refractivity contribution in [1.82, 2.24) is 4.90 Å². The number of carbonyl (C=O) groups excluding carboxylic acids is 1. The molecule has 92 valence electrons. The van der Waals surface area contributed by atoms with Crippen LogP contribution in [0, 0.1) is 5.41 Å². The minimum absolute atomic E-state index is 0.107. The van der Waals surface area contributed by atoms with Gasteiger partial charge in [-0.2, -0.15) is 0 Å². The third-order valence-corrected chi connectivity index (χ3v) is 4.02. The largest absolute Gasteiger partial charge is 0.409 e. The van der Waals surface area contributed by atoms with Gasteiger partial charge in [0, 0.05) is 35.4 Å². The molecule has 1 fully saturated rings. The second-order valence-electron chi connectivity index (χ2n) is 4.25. The standard InChI is InChI=1S/C9H17N3O3S/c1-9(2,7(10)11-14)8(13)12-3-5-16(15)6-4-12/h14H,3-6H2,1-2H3,(H2,10,11). The van der Waals surface area contributed by atoms with E-state index in [1.54, 1.807) is 18.7 Å². The maximum atomic E-state index is 12.1. The molecule has 1 rings (SSSR count). The summed E-state index contributed by atoms with van der Waals surface area (Å²) in [7, 11) is -0.821. The van der Waals surface area contributed by atoms with Gasteiger partial charge >= 0.3 is 0 Å². The number of nitrogens with zero attached hydrogens (tertiary/aromatic N) is 2. The molecule has 1 heterocycles. The predicted octanol–water partition coefficient (Wildman–Crippen LogP) is -0.650. The molecular formula is C9H17N3O3S. The zero-order chi connectivity index (χ0) is 12.3. The Labute approximate surface area is 96.9 Å². The van der Waals surface area contributed by atoms with Crippen LogP contribution in [-0.2, 0) is 15.6 Å². The van der Waals surface area contributed by atoms with E-state index in [1.165, 1.54) is 0 Å². The van der Waals surface area contributed by atoms with Crippen molar-refractivity contribution >= 4 is 22.5 Å². The van der Waals surface area contributed by atoms with Crippen LogP contribution in [0.2, 0.25) is 0 Å². The van der Waals surface area contributed by atoms with Crippen LogP contribution in [0.4, 0.5) is 0 Å². The first-order valence-electron chi connectivity index (χ1n) is 5.02. The normalized spacial score (nSPS) is 19.9. The first kappa shape index (κ1) is 13.0. The number of amidine groups is 1. The van der Waals surface area contributed by atoms with Crippen molar-refractivity contribution in [3.63, 3.8) is 0 Å². The second-order valence-corrected chi connectivity index (χ2v) is 5.95. The Morgan fingerprint density at radius 2 is 1.94 bits per heavy atom. The lowest BCUT2D eigenvalue weighted by molar-refractivity contribution is -0.136. The average Bonchev–Trinajstić information content (AvgIpc) is 2.28. The van der Waals surface area contributed by atoms with Gasteiger partial charge in [0.05, 0.1) is 0 Å². The van der Waals surface area contributed by atoms with E-state index in [9.17, 15) is 9.00 Å². The lowest BCUT2D eigenvalue weighted by Crippen LogP contribution is -2.51. The molecule has 0 spiro atoms. The number of nitrogens with two attached hydrogens (primary N) is 1. The second kappa shape index (κ2) is 4.82. The molecule has 6 nitrogen and oxygen atoms in total. The van der Waals surface area contributed by atoms with Gasteiger partial charge in [-0.3, -0.25) is 9.00 Å². The van der Waals surface area contributed by atoms with E-state index in [-0.39, 0.29) is 11.7 Å². The van der Waals surface area contributed by atoms with Crippen molar-refractivity contribution < 1.29 is 14.2 Å². The number of oxime groups is 1. The highest BCUT2D eigenvalue weighted by Crippen LogP contribution is 2.20. The maximum absolute atomic E-state index is 12.1. The van der Waals surface area contributed by atoms with Gasteiger partial charge in [0.25, 0.3) is 0 Å². The summed E-state index contributed by atoms with van der Waals surface area (Å²) in [4.78, 5) is 13.7. The van der Waals surface area contributed by atoms with Crippen LogP contribution >= 0.6 is 0 Å². The molecule has 1 aliphatic heterocycles. The lowest BCUT2D eigenvalue weighted by Gasteiger charge is -2.33. The molecule has 0 bridgehead atoms. The molecule has 3 N–H and O–H groups in total. The van der Waals surface area contributed by atoms with Gasteiger partial charge in [0.2, 0.25) is 5.91 Å². The highest BCUT2D eigenvalue weighted by molar-refractivity contribution is 7.85. The summed E-state index contributed by atoms with van der Waals surface area (Å²) in [5.74, 6) is 0.694. The van der Waals surface area contributed by atoms with E-state index in [2.05, 4.69) is 5.16 Å². The van der Waals surface area contributed by atoms with Crippen molar-refractivity contribution in [3.05, 3.63) is 0 Å². The Bertz CT molecular complexity index is 331. The molecule has 0 aromatic rings. The molecule has 0 atom stereocenters. The lowest BCUT2D eigenvalue weighted by atomic mass is 9.90. The van der Waals surface area contributed by atoms with Crippen LogP contribution in [-0.4, -0.2) is 50.7 Å². The molecule has 1 amide bonds. The number of amides is 1. The fourth-order valence-corrected chi connectivity index (χ4v) is 2.52. The van der Waals surface area contributed by atoms with E-state index >= 15 is 0 Å². The zero-order valence-corrected chi connectivity index (χ0v) is 10.3. The maximum Gasteiger partial charge on any atom is 0.236 e. The van der Waals surface area contributed by atoms with Gasteiger partial charge in [-0.15, -0.1) is 0 Å². The molecule has 0 saturated carbocycles. The van der Waals surface area contributed by atoms with E-state index in [1.807, 2.05) is 0 Å². The molecule has 0 aromatic carbocycles. The molecule has 7 heteroatoms. The number of hydrogen-bond acceptors (Lipinski definition) is 4. The van der Waals surface area contributed by atoms with Crippen molar-refractivity contribution in [1.29, 1.82) is 0 Å². The van der Waals surface area contributed by atoms with E-state index in [0.29, 0.717) is 24.6 Å². The molecule has 1 aliphatic rings. The molecule has 0 radical (unpaired) electrons. The average molecular weight is 247 g/mol. The summed E-state index contributed by atoms with van der Waals surface area (Å²) in [6, 6.07) is 0. The summed E-state index contributed by atoms with van der Waals surface area (Å²) >= 11 is 0. The Morgan fingerprint density at radius 1 is 1.44 bits per heavy atom. The van der Waals surface area contributed by atoms with Crippen LogP contribution < -0.4 is 5.73 Å². The zero-order valence-electron chi connectivity index (χ0n) is 9.47. The Morgan fingerprint density at radius 3 is 2.38 bits per heavy atom. The molecule has 0 aromatic heterocycles. The van der Waals surface area contributed by atoms with Gasteiger partial charge in [0.15, 0.2) is 5.84 Å². The third kappa shape index (κ3) is 2.52. The molecule has 16 heavy (non-hydrogen) atoms.